The molecule has 3 atom stereocenters. The van der Waals surface area contributed by atoms with Gasteiger partial charge >= 0.3 is 5.97 Å². The topological polar surface area (TPSA) is 95.9 Å². The highest BCUT2D eigenvalue weighted by Crippen LogP contribution is 2.28. The Kier molecular flexibility index (Phi) is 7.06. The zero-order chi connectivity index (χ0) is 25.9. The number of β-amino-alcohol motifs (C(OH)–C–C–N with tert-alkyl or cyclic N) is 1. The number of aliphatic hydroxyl groups excluding tert-OH is 1. The van der Waals surface area contributed by atoms with Gasteiger partial charge < -0.3 is 20.1 Å². The van der Waals surface area contributed by atoms with E-state index in [0.717, 1.165) is 19.3 Å². The van der Waals surface area contributed by atoms with Crippen molar-refractivity contribution in [2.45, 2.75) is 50.9 Å². The molecule has 2 aliphatic rings. The number of rotatable bonds is 6. The lowest BCUT2D eigenvalue weighted by atomic mass is 10.1. The molecule has 7 heteroatoms. The van der Waals surface area contributed by atoms with Gasteiger partial charge in [0.15, 0.2) is 0 Å². The third-order valence-electron chi connectivity index (χ3n) is 7.10. The quantitative estimate of drug-likeness (QED) is 0.494. The summed E-state index contributed by atoms with van der Waals surface area (Å²) in [6, 6.07) is 20.9. The maximum absolute atomic E-state index is 13.3. The molecule has 3 unspecified atom stereocenters. The lowest BCUT2D eigenvalue weighted by Crippen LogP contribution is -2.41. The number of esters is 1. The van der Waals surface area contributed by atoms with Crippen molar-refractivity contribution in [2.75, 3.05) is 11.9 Å². The van der Waals surface area contributed by atoms with Crippen LogP contribution in [0.4, 0.5) is 5.69 Å². The standard InChI is InChI=1S/C30H30N2O5/c1-19(22-10-6-12-25(16-22)31-28(34)21-7-3-2-4-8-21)37-30(36)27-17-26(33)18-32(27)29(35)24-14-13-20-9-5-11-23(20)15-24/h2-4,6-8,10,12-16,19,26-27,33H,5,9,11,17-18H2,1H3,(H,31,34). The number of anilines is 1. The second kappa shape index (κ2) is 10.6. The molecular weight excluding hydrogens is 468 g/mol. The first kappa shape index (κ1) is 24.7. The van der Waals surface area contributed by atoms with Crippen LogP contribution in [-0.2, 0) is 22.4 Å². The minimum absolute atomic E-state index is 0.0884. The first-order valence-electron chi connectivity index (χ1n) is 12.7. The number of aryl methyl sites for hydroxylation is 2. The predicted octanol–water partition coefficient (Wildman–Crippen LogP) is 4.31. The van der Waals surface area contributed by atoms with Crippen LogP contribution in [-0.4, -0.2) is 46.5 Å². The summed E-state index contributed by atoms with van der Waals surface area (Å²) in [5.74, 6) is -1.06. The van der Waals surface area contributed by atoms with Gasteiger partial charge in [0.1, 0.15) is 12.1 Å². The monoisotopic (exact) mass is 498 g/mol. The molecule has 2 N–H and O–H groups in total. The van der Waals surface area contributed by atoms with Gasteiger partial charge in [0.25, 0.3) is 11.8 Å². The molecule has 5 rings (SSSR count). The van der Waals surface area contributed by atoms with Gasteiger partial charge in [0.2, 0.25) is 0 Å². The van der Waals surface area contributed by atoms with Crippen molar-refractivity contribution in [3.05, 3.63) is 101 Å². The van der Waals surface area contributed by atoms with E-state index in [-0.39, 0.29) is 24.8 Å². The average molecular weight is 499 g/mol. The third kappa shape index (κ3) is 5.42. The molecule has 0 aromatic heterocycles. The summed E-state index contributed by atoms with van der Waals surface area (Å²) in [5, 5.41) is 13.2. The Morgan fingerprint density at radius 3 is 2.54 bits per heavy atom. The molecule has 1 saturated heterocycles. The Hall–Kier alpha value is -3.97. The molecule has 1 aliphatic heterocycles. The fourth-order valence-corrected chi connectivity index (χ4v) is 5.12. The van der Waals surface area contributed by atoms with Crippen LogP contribution in [0.15, 0.2) is 72.8 Å². The number of hydrogen-bond donors (Lipinski definition) is 2. The van der Waals surface area contributed by atoms with Crippen LogP contribution in [0.2, 0.25) is 0 Å². The van der Waals surface area contributed by atoms with Crippen molar-refractivity contribution in [1.29, 1.82) is 0 Å². The molecule has 1 aliphatic carbocycles. The van der Waals surface area contributed by atoms with Crippen LogP contribution in [0.25, 0.3) is 0 Å². The number of likely N-dealkylation sites (tertiary alicyclic amines) is 1. The Morgan fingerprint density at radius 2 is 1.73 bits per heavy atom. The Bertz CT molecular complexity index is 1320. The van der Waals surface area contributed by atoms with E-state index < -0.39 is 24.2 Å². The van der Waals surface area contributed by atoms with Crippen LogP contribution in [0.3, 0.4) is 0 Å². The molecule has 3 aromatic rings. The van der Waals surface area contributed by atoms with Crippen LogP contribution in [0.1, 0.15) is 63.3 Å². The van der Waals surface area contributed by atoms with Gasteiger partial charge in [0.05, 0.1) is 6.10 Å². The number of amides is 2. The molecule has 1 fully saturated rings. The number of benzene rings is 3. The van der Waals surface area contributed by atoms with E-state index in [0.29, 0.717) is 22.4 Å². The van der Waals surface area contributed by atoms with E-state index in [4.69, 9.17) is 4.74 Å². The second-order valence-electron chi connectivity index (χ2n) is 9.72. The number of fused-ring (bicyclic) bond motifs is 1. The molecule has 7 nitrogen and oxygen atoms in total. The van der Waals surface area contributed by atoms with Crippen LogP contribution >= 0.6 is 0 Å². The summed E-state index contributed by atoms with van der Waals surface area (Å²) >= 11 is 0. The number of carbonyl (C=O) groups excluding carboxylic acids is 3. The van der Waals surface area contributed by atoms with Crippen LogP contribution < -0.4 is 5.32 Å². The number of nitrogens with one attached hydrogen (secondary N) is 1. The largest absolute Gasteiger partial charge is 0.456 e. The fourth-order valence-electron chi connectivity index (χ4n) is 5.12. The Morgan fingerprint density at radius 1 is 0.946 bits per heavy atom. The van der Waals surface area contributed by atoms with Crippen molar-refractivity contribution in [1.82, 2.24) is 4.90 Å². The second-order valence-corrected chi connectivity index (χ2v) is 9.72. The van der Waals surface area contributed by atoms with Crippen LogP contribution in [0.5, 0.6) is 0 Å². The predicted molar refractivity (Wildman–Crippen MR) is 139 cm³/mol. The normalized spacial score (nSPS) is 19.2. The van der Waals surface area contributed by atoms with Gasteiger partial charge in [0, 0.05) is 29.8 Å². The summed E-state index contributed by atoms with van der Waals surface area (Å²) in [5.41, 5.74) is 4.80. The molecule has 0 bridgehead atoms. The maximum Gasteiger partial charge on any atom is 0.329 e. The van der Waals surface area contributed by atoms with Crippen molar-refractivity contribution in [2.24, 2.45) is 0 Å². The molecule has 1 heterocycles. The zero-order valence-corrected chi connectivity index (χ0v) is 20.7. The highest BCUT2D eigenvalue weighted by Gasteiger charge is 2.41. The first-order chi connectivity index (χ1) is 17.9. The van der Waals surface area contributed by atoms with Gasteiger partial charge in [-0.15, -0.1) is 0 Å². The third-order valence-corrected chi connectivity index (χ3v) is 7.10. The summed E-state index contributed by atoms with van der Waals surface area (Å²) in [7, 11) is 0. The van der Waals surface area contributed by atoms with Gasteiger partial charge in [-0.1, -0.05) is 36.4 Å². The van der Waals surface area contributed by atoms with Gasteiger partial charge in [-0.05, 0) is 79.3 Å². The lowest BCUT2D eigenvalue weighted by Gasteiger charge is -2.25. The molecule has 0 spiro atoms. The molecule has 37 heavy (non-hydrogen) atoms. The van der Waals surface area contributed by atoms with Crippen molar-refractivity contribution in [3.8, 4) is 0 Å². The van der Waals surface area contributed by atoms with E-state index >= 15 is 0 Å². The fraction of sp³-hybridized carbons (Fsp3) is 0.300. The lowest BCUT2D eigenvalue weighted by molar-refractivity contribution is -0.153. The summed E-state index contributed by atoms with van der Waals surface area (Å²) in [4.78, 5) is 40.4. The number of carbonyl (C=O) groups is 3. The molecule has 3 aromatic carbocycles. The molecular formula is C30H30N2O5. The summed E-state index contributed by atoms with van der Waals surface area (Å²) in [6.45, 7) is 1.83. The smallest absolute Gasteiger partial charge is 0.329 e. The average Bonchev–Trinajstić information content (AvgIpc) is 3.55. The maximum atomic E-state index is 13.3. The minimum Gasteiger partial charge on any atom is -0.456 e. The first-order valence-corrected chi connectivity index (χ1v) is 12.7. The molecule has 190 valence electrons. The molecule has 0 radical (unpaired) electrons. The highest BCUT2D eigenvalue weighted by molar-refractivity contribution is 6.04. The SMILES string of the molecule is CC(OC(=O)C1CC(O)CN1C(=O)c1ccc2c(c1)CCC2)c1cccc(NC(=O)c2ccccc2)c1. The van der Waals surface area contributed by atoms with E-state index in [1.807, 2.05) is 24.3 Å². The van der Waals surface area contributed by atoms with Gasteiger partial charge in [-0.25, -0.2) is 4.79 Å². The summed E-state index contributed by atoms with van der Waals surface area (Å²) in [6.07, 6.45) is 1.79. The molecule has 0 saturated carbocycles. The van der Waals surface area contributed by atoms with E-state index in [1.165, 1.54) is 16.0 Å². The Balaban J connectivity index is 1.26. The van der Waals surface area contributed by atoms with E-state index in [2.05, 4.69) is 5.32 Å². The minimum atomic E-state index is -0.862. The summed E-state index contributed by atoms with van der Waals surface area (Å²) < 4.78 is 5.75. The van der Waals surface area contributed by atoms with Crippen molar-refractivity contribution >= 4 is 23.5 Å². The van der Waals surface area contributed by atoms with Crippen molar-refractivity contribution in [3.63, 3.8) is 0 Å². The van der Waals surface area contributed by atoms with Crippen molar-refractivity contribution < 1.29 is 24.2 Å². The Labute approximate surface area is 216 Å². The van der Waals surface area contributed by atoms with Crippen LogP contribution in [0, 0.1) is 0 Å². The number of ether oxygens (including phenoxy) is 1. The number of aliphatic hydroxyl groups is 1. The van der Waals surface area contributed by atoms with E-state index in [1.54, 1.807) is 55.5 Å². The molecule has 2 amide bonds. The number of hydrogen-bond acceptors (Lipinski definition) is 5. The van der Waals surface area contributed by atoms with E-state index in [9.17, 15) is 19.5 Å². The number of nitrogens with zero attached hydrogens (tertiary/aromatic N) is 1. The highest BCUT2D eigenvalue weighted by atomic mass is 16.5. The van der Waals surface area contributed by atoms with Gasteiger partial charge in [-0.3, -0.25) is 9.59 Å². The zero-order valence-electron chi connectivity index (χ0n) is 20.7. The van der Waals surface area contributed by atoms with Gasteiger partial charge in [-0.2, -0.15) is 0 Å².